The average Bonchev–Trinajstić information content (AvgIpc) is 1.88. The van der Waals surface area contributed by atoms with Crippen LogP contribution in [0.5, 0.6) is 0 Å². The van der Waals surface area contributed by atoms with E-state index in [1.54, 1.807) is 0 Å². The molecule has 1 aromatic rings. The first-order valence-corrected chi connectivity index (χ1v) is 2.59. The molecular formula is C6H5ClF3N. The first-order chi connectivity index (χ1) is 4.61. The largest absolute Gasteiger partial charge is 0.433 e. The lowest BCUT2D eigenvalue weighted by Gasteiger charge is -2.02. The van der Waals surface area contributed by atoms with Gasteiger partial charge in [0.15, 0.2) is 0 Å². The van der Waals surface area contributed by atoms with Gasteiger partial charge in [0.05, 0.1) is 0 Å². The van der Waals surface area contributed by atoms with Crippen LogP contribution in [0.4, 0.5) is 13.2 Å². The van der Waals surface area contributed by atoms with Gasteiger partial charge in [0.1, 0.15) is 5.69 Å². The van der Waals surface area contributed by atoms with E-state index < -0.39 is 11.9 Å². The monoisotopic (exact) mass is 183 g/mol. The van der Waals surface area contributed by atoms with E-state index in [0.717, 1.165) is 12.3 Å². The average molecular weight is 184 g/mol. The van der Waals surface area contributed by atoms with Gasteiger partial charge in [0.2, 0.25) is 0 Å². The molecule has 0 amide bonds. The van der Waals surface area contributed by atoms with Gasteiger partial charge >= 0.3 is 6.18 Å². The standard InChI is InChI=1S/C6H4F3N.ClH/c7-6(8,9)5-3-1-2-4-10-5;/h1-4H;1H. The predicted molar refractivity (Wildman–Crippen MR) is 36.5 cm³/mol. The Morgan fingerprint density at radius 1 is 1.18 bits per heavy atom. The van der Waals surface area contributed by atoms with Gasteiger partial charge in [0.25, 0.3) is 0 Å². The number of pyridine rings is 1. The Hall–Kier alpha value is -0.770. The summed E-state index contributed by atoms with van der Waals surface area (Å²) in [5.74, 6) is 0. The fourth-order valence-corrected chi connectivity index (χ4v) is 0.530. The third-order valence-electron chi connectivity index (χ3n) is 0.955. The number of halogens is 4. The number of hydrogen-bond acceptors (Lipinski definition) is 1. The van der Waals surface area contributed by atoms with Gasteiger partial charge < -0.3 is 0 Å². The van der Waals surface area contributed by atoms with Gasteiger partial charge in [-0.15, -0.1) is 12.4 Å². The molecule has 0 bridgehead atoms. The molecule has 0 atom stereocenters. The zero-order valence-corrected chi connectivity index (χ0v) is 6.12. The second-order valence-electron chi connectivity index (χ2n) is 1.71. The van der Waals surface area contributed by atoms with E-state index in [2.05, 4.69) is 4.98 Å². The van der Waals surface area contributed by atoms with E-state index in [1.165, 1.54) is 12.1 Å². The second-order valence-corrected chi connectivity index (χ2v) is 1.71. The highest BCUT2D eigenvalue weighted by Gasteiger charge is 2.31. The Morgan fingerprint density at radius 3 is 2.09 bits per heavy atom. The quantitative estimate of drug-likeness (QED) is 0.602. The van der Waals surface area contributed by atoms with Crippen molar-refractivity contribution < 1.29 is 13.2 Å². The number of aromatic nitrogens is 1. The molecule has 0 spiro atoms. The maximum Gasteiger partial charge on any atom is 0.433 e. The maximum atomic E-state index is 11.7. The van der Waals surface area contributed by atoms with Gasteiger partial charge in [-0.2, -0.15) is 13.2 Å². The van der Waals surface area contributed by atoms with Crippen LogP contribution in [0.1, 0.15) is 5.69 Å². The molecule has 11 heavy (non-hydrogen) atoms. The third kappa shape index (κ3) is 2.76. The lowest BCUT2D eigenvalue weighted by molar-refractivity contribution is -0.141. The van der Waals surface area contributed by atoms with Crippen LogP contribution in [0.2, 0.25) is 0 Å². The molecule has 0 N–H and O–H groups in total. The Kier molecular flexibility index (Phi) is 3.32. The van der Waals surface area contributed by atoms with Crippen LogP contribution >= 0.6 is 12.4 Å². The van der Waals surface area contributed by atoms with Crippen molar-refractivity contribution in [3.63, 3.8) is 0 Å². The number of hydrogen-bond donors (Lipinski definition) is 0. The van der Waals surface area contributed by atoms with Crippen molar-refractivity contribution in [1.29, 1.82) is 0 Å². The number of nitrogens with zero attached hydrogens (tertiary/aromatic N) is 1. The van der Waals surface area contributed by atoms with Crippen molar-refractivity contribution in [2.75, 3.05) is 0 Å². The summed E-state index contributed by atoms with van der Waals surface area (Å²) in [4.78, 5) is 3.12. The zero-order valence-electron chi connectivity index (χ0n) is 5.30. The molecule has 1 aromatic heterocycles. The lowest BCUT2D eigenvalue weighted by atomic mass is 10.3. The highest BCUT2D eigenvalue weighted by molar-refractivity contribution is 5.85. The highest BCUT2D eigenvalue weighted by atomic mass is 35.5. The highest BCUT2D eigenvalue weighted by Crippen LogP contribution is 2.26. The molecule has 1 nitrogen and oxygen atoms in total. The number of alkyl halides is 3. The van der Waals surface area contributed by atoms with Crippen molar-refractivity contribution in [3.8, 4) is 0 Å². The van der Waals surface area contributed by atoms with Crippen molar-refractivity contribution >= 4 is 12.4 Å². The molecule has 0 aromatic carbocycles. The van der Waals surface area contributed by atoms with Gasteiger partial charge in [-0.3, -0.25) is 4.98 Å². The molecule has 0 fully saturated rings. The van der Waals surface area contributed by atoms with E-state index in [0.29, 0.717) is 0 Å². The second kappa shape index (κ2) is 3.57. The normalized spacial score (nSPS) is 10.5. The van der Waals surface area contributed by atoms with E-state index in [4.69, 9.17) is 0 Å². The minimum Gasteiger partial charge on any atom is -0.252 e. The smallest absolute Gasteiger partial charge is 0.252 e. The topological polar surface area (TPSA) is 12.9 Å². The molecule has 0 aliphatic rings. The first-order valence-electron chi connectivity index (χ1n) is 2.59. The molecule has 5 heteroatoms. The Bertz CT molecular complexity index is 209. The number of rotatable bonds is 0. The van der Waals surface area contributed by atoms with Crippen LogP contribution < -0.4 is 0 Å². The summed E-state index contributed by atoms with van der Waals surface area (Å²) in [5, 5.41) is 0. The zero-order chi connectivity index (χ0) is 7.61. The first kappa shape index (κ1) is 10.2. The van der Waals surface area contributed by atoms with E-state index in [9.17, 15) is 13.2 Å². The Balaban J connectivity index is 0.000001000. The molecule has 0 saturated carbocycles. The third-order valence-corrected chi connectivity index (χ3v) is 0.955. The fourth-order valence-electron chi connectivity index (χ4n) is 0.530. The summed E-state index contributed by atoms with van der Waals surface area (Å²) >= 11 is 0. The van der Waals surface area contributed by atoms with E-state index in [-0.39, 0.29) is 12.4 Å². The van der Waals surface area contributed by atoms with Gasteiger partial charge in [-0.05, 0) is 12.1 Å². The van der Waals surface area contributed by atoms with Gasteiger partial charge in [-0.1, -0.05) is 6.07 Å². The lowest BCUT2D eigenvalue weighted by Crippen LogP contribution is -2.06. The molecule has 0 aliphatic heterocycles. The SMILES string of the molecule is Cl.FC(F)(F)c1ccccn1. The fraction of sp³-hybridized carbons (Fsp3) is 0.167. The molecule has 0 unspecified atom stereocenters. The Labute approximate surface area is 67.7 Å². The van der Waals surface area contributed by atoms with Crippen LogP contribution in [0.25, 0.3) is 0 Å². The van der Waals surface area contributed by atoms with Crippen LogP contribution in [-0.4, -0.2) is 4.98 Å². The summed E-state index contributed by atoms with van der Waals surface area (Å²) in [5.41, 5.74) is -0.852. The summed E-state index contributed by atoms with van der Waals surface area (Å²) in [6, 6.07) is 3.67. The summed E-state index contributed by atoms with van der Waals surface area (Å²) in [6.07, 6.45) is -3.20. The summed E-state index contributed by atoms with van der Waals surface area (Å²) in [6.45, 7) is 0. The van der Waals surface area contributed by atoms with Crippen molar-refractivity contribution in [2.24, 2.45) is 0 Å². The Morgan fingerprint density at radius 2 is 1.82 bits per heavy atom. The minimum absolute atomic E-state index is 0. The molecule has 0 radical (unpaired) electrons. The van der Waals surface area contributed by atoms with Crippen LogP contribution in [0.3, 0.4) is 0 Å². The summed E-state index contributed by atoms with van der Waals surface area (Å²) < 4.78 is 35.2. The maximum absolute atomic E-state index is 11.7. The summed E-state index contributed by atoms with van der Waals surface area (Å²) in [7, 11) is 0. The van der Waals surface area contributed by atoms with Crippen molar-refractivity contribution in [2.45, 2.75) is 6.18 Å². The molecule has 0 aliphatic carbocycles. The van der Waals surface area contributed by atoms with Crippen LogP contribution in [0, 0.1) is 0 Å². The van der Waals surface area contributed by atoms with Crippen molar-refractivity contribution in [1.82, 2.24) is 4.98 Å². The molecule has 1 heterocycles. The minimum atomic E-state index is -4.32. The van der Waals surface area contributed by atoms with Crippen molar-refractivity contribution in [3.05, 3.63) is 30.1 Å². The molecule has 0 saturated heterocycles. The van der Waals surface area contributed by atoms with Crippen LogP contribution in [0.15, 0.2) is 24.4 Å². The van der Waals surface area contributed by atoms with Gasteiger partial charge in [0, 0.05) is 6.20 Å². The van der Waals surface area contributed by atoms with Gasteiger partial charge in [-0.25, -0.2) is 0 Å². The molecule has 62 valence electrons. The molecular weight excluding hydrogens is 179 g/mol. The predicted octanol–water partition coefficient (Wildman–Crippen LogP) is 2.52. The van der Waals surface area contributed by atoms with Crippen LogP contribution in [-0.2, 0) is 6.18 Å². The molecule has 1 rings (SSSR count). The van der Waals surface area contributed by atoms with E-state index in [1.807, 2.05) is 0 Å². The van der Waals surface area contributed by atoms with E-state index >= 15 is 0 Å².